The lowest BCUT2D eigenvalue weighted by molar-refractivity contribution is 0.223. The van der Waals surface area contributed by atoms with Gasteiger partial charge in [0.05, 0.1) is 22.6 Å². The normalized spacial score (nSPS) is 15.7. The first-order chi connectivity index (χ1) is 9.65. The van der Waals surface area contributed by atoms with Crippen molar-refractivity contribution in [2.75, 3.05) is 18.9 Å². The molecule has 7 heteroatoms. The van der Waals surface area contributed by atoms with Gasteiger partial charge >= 0.3 is 0 Å². The van der Waals surface area contributed by atoms with Crippen molar-refractivity contribution in [1.82, 2.24) is 4.98 Å². The number of thiazole rings is 1. The maximum atomic E-state index is 10.4. The Morgan fingerprint density at radius 2 is 2.15 bits per heavy atom. The Bertz CT molecular complexity index is 632. The predicted molar refractivity (Wildman–Crippen MR) is 80.3 cm³/mol. The summed E-state index contributed by atoms with van der Waals surface area (Å²) in [4.78, 5) is 4.65. The van der Waals surface area contributed by atoms with E-state index in [4.69, 9.17) is 15.2 Å². The van der Waals surface area contributed by atoms with Crippen molar-refractivity contribution in [3.63, 3.8) is 0 Å². The van der Waals surface area contributed by atoms with E-state index in [1.807, 2.05) is 6.07 Å². The number of nitrogens with zero attached hydrogens (tertiary/aromatic N) is 1. The van der Waals surface area contributed by atoms with E-state index in [1.165, 1.54) is 11.3 Å². The quantitative estimate of drug-likeness (QED) is 0.864. The van der Waals surface area contributed by atoms with Gasteiger partial charge in [0.1, 0.15) is 6.10 Å². The van der Waals surface area contributed by atoms with Gasteiger partial charge in [0.2, 0.25) is 0 Å². The van der Waals surface area contributed by atoms with Crippen LogP contribution in [0.5, 0.6) is 11.5 Å². The highest BCUT2D eigenvalue weighted by Gasteiger charge is 2.20. The summed E-state index contributed by atoms with van der Waals surface area (Å²) in [6.45, 7) is 1.23. The molecule has 3 rings (SSSR count). The largest absolute Gasteiger partial charge is 0.490 e. The van der Waals surface area contributed by atoms with Crippen molar-refractivity contribution in [1.29, 1.82) is 0 Å². The molecule has 1 aromatic carbocycles. The number of benzene rings is 1. The molecular weight excluding hydrogens is 344 g/mol. The summed E-state index contributed by atoms with van der Waals surface area (Å²) >= 11 is 4.73. The molecule has 3 N–H and O–H groups in total. The Morgan fingerprint density at radius 3 is 2.90 bits per heavy atom. The Balaban J connectivity index is 1.98. The predicted octanol–water partition coefficient (Wildman–Crippen LogP) is 2.73. The third-order valence-electron chi connectivity index (χ3n) is 2.95. The monoisotopic (exact) mass is 356 g/mol. The van der Waals surface area contributed by atoms with Crippen LogP contribution in [0.25, 0.3) is 0 Å². The van der Waals surface area contributed by atoms with Crippen LogP contribution < -0.4 is 15.2 Å². The molecule has 2 heterocycles. The van der Waals surface area contributed by atoms with Gasteiger partial charge in [0.25, 0.3) is 0 Å². The Hall–Kier alpha value is -1.31. The van der Waals surface area contributed by atoms with E-state index in [0.29, 0.717) is 40.3 Å². The zero-order chi connectivity index (χ0) is 14.1. The van der Waals surface area contributed by atoms with E-state index in [0.717, 1.165) is 10.9 Å². The first-order valence-corrected chi connectivity index (χ1v) is 7.74. The van der Waals surface area contributed by atoms with Gasteiger partial charge in [-0.05, 0) is 33.6 Å². The summed E-state index contributed by atoms with van der Waals surface area (Å²) in [7, 11) is 0. The van der Waals surface area contributed by atoms with E-state index < -0.39 is 6.10 Å². The number of aliphatic hydroxyl groups is 1. The summed E-state index contributed by atoms with van der Waals surface area (Å²) in [5.74, 6) is 1.32. The Kier molecular flexibility index (Phi) is 3.82. The van der Waals surface area contributed by atoms with Gasteiger partial charge in [-0.1, -0.05) is 11.3 Å². The highest BCUT2D eigenvalue weighted by Crippen LogP contribution is 2.41. The number of fused-ring (bicyclic) bond motifs is 1. The minimum absolute atomic E-state index is 0.437. The van der Waals surface area contributed by atoms with E-state index in [9.17, 15) is 5.11 Å². The molecule has 0 radical (unpaired) electrons. The second kappa shape index (κ2) is 5.59. The molecule has 1 atom stereocenters. The molecule has 20 heavy (non-hydrogen) atoms. The number of ether oxygens (including phenoxy) is 2. The van der Waals surface area contributed by atoms with Crippen molar-refractivity contribution < 1.29 is 14.6 Å². The van der Waals surface area contributed by atoms with Gasteiger partial charge in [0, 0.05) is 12.6 Å². The molecule has 0 saturated heterocycles. The number of aliphatic hydroxyl groups excluding tert-OH is 1. The SMILES string of the molecule is Nc1ncc(C(O)c2cc(Br)c3c(c2)OCCCO3)s1. The molecular formula is C13H13BrN2O3S. The van der Waals surface area contributed by atoms with Crippen LogP contribution in [0, 0.1) is 0 Å². The second-order valence-corrected chi connectivity index (χ2v) is 6.33. The van der Waals surface area contributed by atoms with Crippen LogP contribution in [0.2, 0.25) is 0 Å². The smallest absolute Gasteiger partial charge is 0.180 e. The van der Waals surface area contributed by atoms with E-state index in [1.54, 1.807) is 12.3 Å². The summed E-state index contributed by atoms with van der Waals surface area (Å²) in [5.41, 5.74) is 6.31. The molecule has 0 amide bonds. The average Bonchev–Trinajstić information content (AvgIpc) is 2.72. The molecule has 0 spiro atoms. The number of nitrogen functional groups attached to an aromatic ring is 1. The number of hydrogen-bond donors (Lipinski definition) is 2. The molecule has 1 aliphatic heterocycles. The molecule has 5 nitrogen and oxygen atoms in total. The summed E-state index contributed by atoms with van der Waals surface area (Å²) in [6, 6.07) is 3.63. The topological polar surface area (TPSA) is 77.6 Å². The lowest BCUT2D eigenvalue weighted by Crippen LogP contribution is -2.00. The third kappa shape index (κ3) is 2.61. The van der Waals surface area contributed by atoms with Crippen LogP contribution in [0.4, 0.5) is 5.13 Å². The minimum Gasteiger partial charge on any atom is -0.490 e. The van der Waals surface area contributed by atoms with Crippen LogP contribution in [0.15, 0.2) is 22.8 Å². The maximum Gasteiger partial charge on any atom is 0.180 e. The van der Waals surface area contributed by atoms with Crippen molar-refractivity contribution in [3.8, 4) is 11.5 Å². The fraction of sp³-hybridized carbons (Fsp3) is 0.308. The highest BCUT2D eigenvalue weighted by atomic mass is 79.9. The lowest BCUT2D eigenvalue weighted by Gasteiger charge is -2.14. The average molecular weight is 357 g/mol. The molecule has 1 aliphatic rings. The van der Waals surface area contributed by atoms with Crippen molar-refractivity contribution in [3.05, 3.63) is 33.2 Å². The van der Waals surface area contributed by atoms with Gasteiger partial charge in [-0.3, -0.25) is 0 Å². The van der Waals surface area contributed by atoms with E-state index >= 15 is 0 Å². The Labute approximate surface area is 128 Å². The first-order valence-electron chi connectivity index (χ1n) is 6.13. The van der Waals surface area contributed by atoms with Crippen molar-refractivity contribution in [2.24, 2.45) is 0 Å². The van der Waals surface area contributed by atoms with E-state index in [2.05, 4.69) is 20.9 Å². The molecule has 1 aromatic heterocycles. The van der Waals surface area contributed by atoms with Gasteiger partial charge < -0.3 is 20.3 Å². The summed E-state index contributed by atoms with van der Waals surface area (Å²) in [5, 5.41) is 10.8. The zero-order valence-electron chi connectivity index (χ0n) is 10.5. The maximum absolute atomic E-state index is 10.4. The highest BCUT2D eigenvalue weighted by molar-refractivity contribution is 9.10. The summed E-state index contributed by atoms with van der Waals surface area (Å²) in [6.07, 6.45) is 1.64. The molecule has 106 valence electrons. The van der Waals surface area contributed by atoms with Crippen LogP contribution in [-0.2, 0) is 0 Å². The number of aromatic nitrogens is 1. The van der Waals surface area contributed by atoms with Gasteiger partial charge in [-0.15, -0.1) is 0 Å². The molecule has 0 bridgehead atoms. The number of hydrogen-bond acceptors (Lipinski definition) is 6. The standard InChI is InChI=1S/C13H13BrN2O3S/c14-8-4-7(11(17)10-6-16-13(15)20-10)5-9-12(8)19-3-1-2-18-9/h4-6,11,17H,1-3H2,(H2,15,16). The van der Waals surface area contributed by atoms with Crippen LogP contribution in [0.3, 0.4) is 0 Å². The van der Waals surface area contributed by atoms with Crippen molar-refractivity contribution >= 4 is 32.4 Å². The third-order valence-corrected chi connectivity index (χ3v) is 4.42. The van der Waals surface area contributed by atoms with Crippen molar-refractivity contribution in [2.45, 2.75) is 12.5 Å². The Morgan fingerprint density at radius 1 is 1.35 bits per heavy atom. The first kappa shape index (κ1) is 13.7. The van der Waals surface area contributed by atoms with E-state index in [-0.39, 0.29) is 0 Å². The lowest BCUT2D eigenvalue weighted by atomic mass is 10.1. The minimum atomic E-state index is -0.779. The molecule has 0 aliphatic carbocycles. The number of halogens is 1. The number of rotatable bonds is 2. The number of anilines is 1. The summed E-state index contributed by atoms with van der Waals surface area (Å²) < 4.78 is 12.1. The van der Waals surface area contributed by atoms with Crippen LogP contribution in [-0.4, -0.2) is 23.3 Å². The fourth-order valence-corrected chi connectivity index (χ4v) is 3.27. The molecule has 0 saturated carbocycles. The van der Waals surface area contributed by atoms with Gasteiger partial charge in [-0.2, -0.15) is 0 Å². The number of nitrogens with two attached hydrogens (primary N) is 1. The van der Waals surface area contributed by atoms with Gasteiger partial charge in [0.15, 0.2) is 16.6 Å². The molecule has 2 aromatic rings. The zero-order valence-corrected chi connectivity index (χ0v) is 12.9. The molecule has 1 unspecified atom stereocenters. The van der Waals surface area contributed by atoms with Crippen LogP contribution >= 0.6 is 27.3 Å². The molecule has 0 fully saturated rings. The van der Waals surface area contributed by atoms with Crippen LogP contribution in [0.1, 0.15) is 23.0 Å². The second-order valence-electron chi connectivity index (χ2n) is 4.38. The van der Waals surface area contributed by atoms with Gasteiger partial charge in [-0.25, -0.2) is 4.98 Å². The fourth-order valence-electron chi connectivity index (χ4n) is 2.00.